The summed E-state index contributed by atoms with van der Waals surface area (Å²) in [5.41, 5.74) is 0. The van der Waals surface area contributed by atoms with Crippen molar-refractivity contribution >= 4 is 0 Å². The summed E-state index contributed by atoms with van der Waals surface area (Å²) >= 11 is 0. The van der Waals surface area contributed by atoms with Gasteiger partial charge < -0.3 is 5.32 Å². The summed E-state index contributed by atoms with van der Waals surface area (Å²) in [4.78, 5) is 11.0. The van der Waals surface area contributed by atoms with Crippen molar-refractivity contribution in [3.05, 3.63) is 24.3 Å². The molecule has 1 aromatic heterocycles. The highest BCUT2D eigenvalue weighted by Gasteiger charge is 2.16. The minimum absolute atomic E-state index is 0.646. The van der Waals surface area contributed by atoms with E-state index in [2.05, 4.69) is 27.1 Å². The van der Waals surface area contributed by atoms with Gasteiger partial charge in [-0.15, -0.1) is 0 Å². The second-order valence-corrected chi connectivity index (χ2v) is 4.64. The smallest absolute Gasteiger partial charge is 0.142 e. The van der Waals surface area contributed by atoms with E-state index < -0.39 is 0 Å². The normalized spacial score (nSPS) is 20.7. The second kappa shape index (κ2) is 6.67. The zero-order chi connectivity index (χ0) is 11.9. The molecule has 1 atom stereocenters. The summed E-state index contributed by atoms with van der Waals surface area (Å²) in [5, 5.41) is 3.59. The Hall–Kier alpha value is -1.00. The van der Waals surface area contributed by atoms with Crippen molar-refractivity contribution in [1.29, 1.82) is 0 Å². The minimum Gasteiger partial charge on any atom is -0.313 e. The van der Waals surface area contributed by atoms with Crippen LogP contribution in [0.4, 0.5) is 0 Å². The summed E-state index contributed by atoms with van der Waals surface area (Å²) < 4.78 is 0. The van der Waals surface area contributed by atoms with Gasteiger partial charge in [0.2, 0.25) is 0 Å². The van der Waals surface area contributed by atoms with Gasteiger partial charge in [-0.2, -0.15) is 0 Å². The molecule has 0 aromatic carbocycles. The van der Waals surface area contributed by atoms with E-state index in [1.54, 1.807) is 0 Å². The lowest BCUT2D eigenvalue weighted by Gasteiger charge is -2.29. The Morgan fingerprint density at radius 1 is 1.35 bits per heavy atom. The quantitative estimate of drug-likeness (QED) is 0.837. The highest BCUT2D eigenvalue weighted by molar-refractivity contribution is 4.89. The maximum Gasteiger partial charge on any atom is 0.142 e. The third kappa shape index (κ3) is 4.06. The van der Waals surface area contributed by atoms with Crippen LogP contribution in [0.3, 0.4) is 0 Å². The summed E-state index contributed by atoms with van der Waals surface area (Å²) in [6, 6.07) is 2.51. The molecule has 1 N–H and O–H groups in total. The van der Waals surface area contributed by atoms with Crippen LogP contribution in [0.15, 0.2) is 18.5 Å². The van der Waals surface area contributed by atoms with Gasteiger partial charge >= 0.3 is 0 Å². The monoisotopic (exact) mass is 234 g/mol. The van der Waals surface area contributed by atoms with Crippen molar-refractivity contribution in [1.82, 2.24) is 20.2 Å². The first-order valence-corrected chi connectivity index (χ1v) is 6.60. The molecule has 2 heterocycles. The van der Waals surface area contributed by atoms with Gasteiger partial charge in [0.1, 0.15) is 5.82 Å². The average molecular weight is 234 g/mol. The van der Waals surface area contributed by atoms with E-state index in [9.17, 15) is 0 Å². The molecule has 1 saturated heterocycles. The van der Waals surface area contributed by atoms with Gasteiger partial charge in [0.05, 0.1) is 6.54 Å². The molecule has 0 amide bonds. The highest BCUT2D eigenvalue weighted by Crippen LogP contribution is 2.09. The molecule has 1 aromatic rings. The lowest BCUT2D eigenvalue weighted by Crippen LogP contribution is -2.43. The molecule has 0 bridgehead atoms. The van der Waals surface area contributed by atoms with Crippen LogP contribution in [-0.4, -0.2) is 40.5 Å². The molecule has 0 spiro atoms. The first-order chi connectivity index (χ1) is 8.38. The lowest BCUT2D eigenvalue weighted by atomic mass is 10.0. The zero-order valence-electron chi connectivity index (χ0n) is 10.6. The Labute approximate surface area is 103 Å². The van der Waals surface area contributed by atoms with Gasteiger partial charge in [-0.1, -0.05) is 13.3 Å². The molecule has 17 heavy (non-hydrogen) atoms. The molecular weight excluding hydrogens is 212 g/mol. The van der Waals surface area contributed by atoms with Gasteiger partial charge in [-0.25, -0.2) is 9.97 Å². The van der Waals surface area contributed by atoms with Crippen LogP contribution < -0.4 is 5.32 Å². The van der Waals surface area contributed by atoms with E-state index in [-0.39, 0.29) is 0 Å². The standard InChI is InChI=1S/C13H22N4/c1-2-17(10-12-6-3-4-7-14-12)11-13-15-8-5-9-16-13/h5,8-9,12,14H,2-4,6-7,10-11H2,1H3. The Morgan fingerprint density at radius 2 is 2.18 bits per heavy atom. The van der Waals surface area contributed by atoms with Crippen molar-refractivity contribution in [2.75, 3.05) is 19.6 Å². The fraction of sp³-hybridized carbons (Fsp3) is 0.692. The molecule has 0 radical (unpaired) electrons. The van der Waals surface area contributed by atoms with Crippen LogP contribution in [0.5, 0.6) is 0 Å². The Balaban J connectivity index is 1.83. The van der Waals surface area contributed by atoms with Crippen LogP contribution >= 0.6 is 0 Å². The van der Waals surface area contributed by atoms with Gasteiger partial charge in [-0.05, 0) is 32.0 Å². The third-order valence-electron chi connectivity index (χ3n) is 3.32. The number of nitrogens with one attached hydrogen (secondary N) is 1. The number of rotatable bonds is 5. The van der Waals surface area contributed by atoms with Crippen LogP contribution in [-0.2, 0) is 6.54 Å². The van der Waals surface area contributed by atoms with E-state index in [1.165, 1.54) is 25.8 Å². The van der Waals surface area contributed by atoms with Gasteiger partial charge in [0, 0.05) is 25.0 Å². The van der Waals surface area contributed by atoms with E-state index >= 15 is 0 Å². The highest BCUT2D eigenvalue weighted by atomic mass is 15.2. The topological polar surface area (TPSA) is 41.1 Å². The van der Waals surface area contributed by atoms with Crippen molar-refractivity contribution in [3.8, 4) is 0 Å². The van der Waals surface area contributed by atoms with Crippen molar-refractivity contribution in [3.63, 3.8) is 0 Å². The van der Waals surface area contributed by atoms with Gasteiger partial charge in [-0.3, -0.25) is 4.90 Å². The first kappa shape index (κ1) is 12.5. The molecular formula is C13H22N4. The molecule has 4 heteroatoms. The van der Waals surface area contributed by atoms with Crippen molar-refractivity contribution < 1.29 is 0 Å². The molecule has 1 aliphatic rings. The number of likely N-dealkylation sites (N-methyl/N-ethyl adjacent to an activating group) is 1. The lowest BCUT2D eigenvalue weighted by molar-refractivity contribution is 0.222. The minimum atomic E-state index is 0.646. The van der Waals surface area contributed by atoms with Crippen LogP contribution in [0, 0.1) is 0 Å². The number of piperidine rings is 1. The molecule has 94 valence electrons. The maximum atomic E-state index is 4.29. The van der Waals surface area contributed by atoms with Crippen LogP contribution in [0.1, 0.15) is 32.0 Å². The number of aromatic nitrogens is 2. The SMILES string of the molecule is CCN(Cc1ncccn1)CC1CCCCN1. The number of hydrogen-bond donors (Lipinski definition) is 1. The first-order valence-electron chi connectivity index (χ1n) is 6.60. The third-order valence-corrected chi connectivity index (χ3v) is 3.32. The Kier molecular flexibility index (Phi) is 4.88. The summed E-state index contributed by atoms with van der Waals surface area (Å²) in [6.07, 6.45) is 7.61. The molecule has 1 aliphatic heterocycles. The summed E-state index contributed by atoms with van der Waals surface area (Å²) in [6.45, 7) is 6.39. The van der Waals surface area contributed by atoms with E-state index in [0.717, 1.165) is 25.5 Å². The van der Waals surface area contributed by atoms with E-state index in [4.69, 9.17) is 0 Å². The molecule has 2 rings (SSSR count). The number of nitrogens with zero attached hydrogens (tertiary/aromatic N) is 3. The van der Waals surface area contributed by atoms with Gasteiger partial charge in [0.15, 0.2) is 0 Å². The largest absolute Gasteiger partial charge is 0.313 e. The zero-order valence-corrected chi connectivity index (χ0v) is 10.6. The maximum absolute atomic E-state index is 4.29. The summed E-state index contributed by atoms with van der Waals surface area (Å²) in [7, 11) is 0. The number of hydrogen-bond acceptors (Lipinski definition) is 4. The average Bonchev–Trinajstić information content (AvgIpc) is 2.40. The van der Waals surface area contributed by atoms with Gasteiger partial charge in [0.25, 0.3) is 0 Å². The molecule has 4 nitrogen and oxygen atoms in total. The van der Waals surface area contributed by atoms with Crippen LogP contribution in [0.25, 0.3) is 0 Å². The molecule has 1 unspecified atom stereocenters. The molecule has 0 saturated carbocycles. The molecule has 0 aliphatic carbocycles. The summed E-state index contributed by atoms with van der Waals surface area (Å²) in [5.74, 6) is 0.921. The molecule has 1 fully saturated rings. The van der Waals surface area contributed by atoms with Crippen molar-refractivity contribution in [2.24, 2.45) is 0 Å². The predicted octanol–water partition coefficient (Wildman–Crippen LogP) is 1.44. The Bertz CT molecular complexity index is 308. The fourth-order valence-corrected chi connectivity index (χ4v) is 2.31. The van der Waals surface area contributed by atoms with E-state index in [1.807, 2.05) is 18.5 Å². The fourth-order valence-electron chi connectivity index (χ4n) is 2.31. The Morgan fingerprint density at radius 3 is 2.82 bits per heavy atom. The van der Waals surface area contributed by atoms with Crippen LogP contribution in [0.2, 0.25) is 0 Å². The second-order valence-electron chi connectivity index (χ2n) is 4.64. The predicted molar refractivity (Wildman–Crippen MR) is 68.6 cm³/mol. The van der Waals surface area contributed by atoms with Crippen molar-refractivity contribution in [2.45, 2.75) is 38.8 Å². The van der Waals surface area contributed by atoms with E-state index in [0.29, 0.717) is 6.04 Å².